The number of aryl methyl sites for hydroxylation is 1. The second kappa shape index (κ2) is 8.94. The number of aliphatic hydroxyl groups excluding tert-OH is 1. The molecule has 1 atom stereocenters. The monoisotopic (exact) mass is 265 g/mol. The molecule has 19 heavy (non-hydrogen) atoms. The van der Waals surface area contributed by atoms with Crippen LogP contribution in [0.4, 0.5) is 0 Å². The number of ether oxygens (including phenoxy) is 1. The second-order valence-corrected chi connectivity index (χ2v) is 5.35. The van der Waals surface area contributed by atoms with Crippen LogP contribution < -0.4 is 10.1 Å². The highest BCUT2D eigenvalue weighted by Gasteiger charge is 2.05. The minimum Gasteiger partial charge on any atom is -0.491 e. The van der Waals surface area contributed by atoms with Gasteiger partial charge in [-0.25, -0.2) is 0 Å². The van der Waals surface area contributed by atoms with Crippen LogP contribution in [0.3, 0.4) is 0 Å². The zero-order valence-electron chi connectivity index (χ0n) is 12.4. The van der Waals surface area contributed by atoms with E-state index in [2.05, 4.69) is 32.2 Å². The largest absolute Gasteiger partial charge is 0.491 e. The van der Waals surface area contributed by atoms with Gasteiger partial charge in [0.1, 0.15) is 18.5 Å². The average Bonchev–Trinajstić information content (AvgIpc) is 2.41. The van der Waals surface area contributed by atoms with Crippen LogP contribution in [0.5, 0.6) is 5.75 Å². The molecular weight excluding hydrogens is 238 g/mol. The van der Waals surface area contributed by atoms with Gasteiger partial charge in [0, 0.05) is 6.54 Å². The lowest BCUT2D eigenvalue weighted by Crippen LogP contribution is -2.32. The van der Waals surface area contributed by atoms with Gasteiger partial charge in [0.25, 0.3) is 0 Å². The topological polar surface area (TPSA) is 41.5 Å². The molecule has 0 heterocycles. The Labute approximate surface area is 117 Å². The maximum atomic E-state index is 9.81. The quantitative estimate of drug-likeness (QED) is 0.674. The van der Waals surface area contributed by atoms with Crippen molar-refractivity contribution in [3.63, 3.8) is 0 Å². The lowest BCUT2D eigenvalue weighted by molar-refractivity contribution is 0.106. The van der Waals surface area contributed by atoms with Crippen molar-refractivity contribution in [1.29, 1.82) is 0 Å². The van der Waals surface area contributed by atoms with Crippen molar-refractivity contribution in [3.05, 3.63) is 29.8 Å². The molecule has 3 heteroatoms. The van der Waals surface area contributed by atoms with E-state index >= 15 is 0 Å². The van der Waals surface area contributed by atoms with Crippen LogP contribution in [-0.2, 0) is 6.42 Å². The molecule has 1 aromatic rings. The Balaban J connectivity index is 2.20. The molecule has 0 aliphatic rings. The van der Waals surface area contributed by atoms with Crippen LogP contribution in [0.2, 0.25) is 0 Å². The number of nitrogens with one attached hydrogen (secondary N) is 1. The fourth-order valence-electron chi connectivity index (χ4n) is 1.77. The van der Waals surface area contributed by atoms with Gasteiger partial charge < -0.3 is 15.2 Å². The molecule has 0 aliphatic heterocycles. The Kier molecular flexibility index (Phi) is 7.53. The third-order valence-corrected chi connectivity index (χ3v) is 3.03. The number of hydrogen-bond donors (Lipinski definition) is 2. The summed E-state index contributed by atoms with van der Waals surface area (Å²) in [6.45, 7) is 8.37. The summed E-state index contributed by atoms with van der Waals surface area (Å²) in [6.07, 6.45) is 1.67. The van der Waals surface area contributed by atoms with Gasteiger partial charge in [-0.3, -0.25) is 0 Å². The normalized spacial score (nSPS) is 12.7. The first-order chi connectivity index (χ1) is 9.11. The minimum absolute atomic E-state index is 0.335. The van der Waals surface area contributed by atoms with Crippen molar-refractivity contribution in [2.24, 2.45) is 5.92 Å². The van der Waals surface area contributed by atoms with Gasteiger partial charge in [0.15, 0.2) is 0 Å². The zero-order valence-corrected chi connectivity index (χ0v) is 12.4. The van der Waals surface area contributed by atoms with Crippen LogP contribution in [0.15, 0.2) is 24.3 Å². The molecule has 2 N–H and O–H groups in total. The van der Waals surface area contributed by atoms with Crippen LogP contribution in [0.25, 0.3) is 0 Å². The van der Waals surface area contributed by atoms with Crippen LogP contribution in [0, 0.1) is 5.92 Å². The smallest absolute Gasteiger partial charge is 0.119 e. The fourth-order valence-corrected chi connectivity index (χ4v) is 1.77. The summed E-state index contributed by atoms with van der Waals surface area (Å²) in [7, 11) is 0. The minimum atomic E-state index is -0.461. The number of aliphatic hydroxyl groups is 1. The Morgan fingerprint density at radius 2 is 2.11 bits per heavy atom. The summed E-state index contributed by atoms with van der Waals surface area (Å²) >= 11 is 0. The molecule has 1 rings (SSSR count). The van der Waals surface area contributed by atoms with E-state index in [1.807, 2.05) is 18.2 Å². The molecule has 0 bridgehead atoms. The maximum Gasteiger partial charge on any atom is 0.119 e. The van der Waals surface area contributed by atoms with Gasteiger partial charge in [-0.1, -0.05) is 32.9 Å². The Morgan fingerprint density at radius 1 is 1.32 bits per heavy atom. The van der Waals surface area contributed by atoms with Gasteiger partial charge in [0.05, 0.1) is 0 Å². The Bertz CT molecular complexity index is 352. The van der Waals surface area contributed by atoms with E-state index in [9.17, 15) is 5.11 Å². The molecule has 1 aromatic carbocycles. The van der Waals surface area contributed by atoms with Crippen molar-refractivity contribution in [1.82, 2.24) is 5.32 Å². The maximum absolute atomic E-state index is 9.81. The number of hydrogen-bond acceptors (Lipinski definition) is 3. The SMILES string of the molecule is CCc1cccc(OCC(O)CNCCC(C)C)c1. The third-order valence-electron chi connectivity index (χ3n) is 3.03. The van der Waals surface area contributed by atoms with Gasteiger partial charge in [-0.2, -0.15) is 0 Å². The van der Waals surface area contributed by atoms with Crippen LogP contribution in [0.1, 0.15) is 32.8 Å². The molecule has 0 amide bonds. The van der Waals surface area contributed by atoms with E-state index < -0.39 is 6.10 Å². The zero-order chi connectivity index (χ0) is 14.1. The molecule has 1 unspecified atom stereocenters. The van der Waals surface area contributed by atoms with Gasteiger partial charge in [0.2, 0.25) is 0 Å². The predicted octanol–water partition coefficient (Wildman–Crippen LogP) is 2.62. The first kappa shape index (κ1) is 16.0. The van der Waals surface area contributed by atoms with Crippen LogP contribution >= 0.6 is 0 Å². The summed E-state index contributed by atoms with van der Waals surface area (Å²) < 4.78 is 5.60. The Morgan fingerprint density at radius 3 is 2.79 bits per heavy atom. The van der Waals surface area contributed by atoms with E-state index in [1.165, 1.54) is 5.56 Å². The standard InChI is InChI=1S/C16H27NO2/c1-4-14-6-5-7-16(10-14)19-12-15(18)11-17-9-8-13(2)3/h5-7,10,13,15,17-18H,4,8-9,11-12H2,1-3H3. The fraction of sp³-hybridized carbons (Fsp3) is 0.625. The van der Waals surface area contributed by atoms with Crippen molar-refractivity contribution in [3.8, 4) is 5.75 Å². The molecule has 0 radical (unpaired) electrons. The first-order valence-electron chi connectivity index (χ1n) is 7.22. The number of rotatable bonds is 9. The highest BCUT2D eigenvalue weighted by Crippen LogP contribution is 2.13. The first-order valence-corrected chi connectivity index (χ1v) is 7.22. The second-order valence-electron chi connectivity index (χ2n) is 5.35. The summed E-state index contributed by atoms with van der Waals surface area (Å²) in [5.74, 6) is 1.53. The molecule has 0 saturated carbocycles. The lowest BCUT2D eigenvalue weighted by atomic mass is 10.1. The van der Waals surface area contributed by atoms with E-state index in [4.69, 9.17) is 4.74 Å². The highest BCUT2D eigenvalue weighted by atomic mass is 16.5. The van der Waals surface area contributed by atoms with E-state index in [1.54, 1.807) is 0 Å². The van der Waals surface area contributed by atoms with E-state index in [0.717, 1.165) is 25.1 Å². The van der Waals surface area contributed by atoms with Crippen LogP contribution in [-0.4, -0.2) is 30.9 Å². The molecular formula is C16H27NO2. The molecule has 108 valence electrons. The predicted molar refractivity (Wildman–Crippen MR) is 79.6 cm³/mol. The van der Waals surface area contributed by atoms with E-state index in [-0.39, 0.29) is 0 Å². The van der Waals surface area contributed by atoms with Gasteiger partial charge >= 0.3 is 0 Å². The van der Waals surface area contributed by atoms with Crippen molar-refractivity contribution in [2.75, 3.05) is 19.7 Å². The number of benzene rings is 1. The summed E-state index contributed by atoms with van der Waals surface area (Å²) in [5.41, 5.74) is 1.25. The summed E-state index contributed by atoms with van der Waals surface area (Å²) in [5, 5.41) is 13.1. The third kappa shape index (κ3) is 7.19. The average molecular weight is 265 g/mol. The summed E-state index contributed by atoms with van der Waals surface area (Å²) in [6, 6.07) is 8.02. The lowest BCUT2D eigenvalue weighted by Gasteiger charge is -2.14. The molecule has 0 fully saturated rings. The molecule has 3 nitrogen and oxygen atoms in total. The van der Waals surface area contributed by atoms with Gasteiger partial charge in [-0.05, 0) is 43.0 Å². The summed E-state index contributed by atoms with van der Waals surface area (Å²) in [4.78, 5) is 0. The van der Waals surface area contributed by atoms with Crippen molar-refractivity contribution in [2.45, 2.75) is 39.7 Å². The molecule has 0 spiro atoms. The van der Waals surface area contributed by atoms with Gasteiger partial charge in [-0.15, -0.1) is 0 Å². The highest BCUT2D eigenvalue weighted by molar-refractivity contribution is 5.28. The molecule has 0 aliphatic carbocycles. The van der Waals surface area contributed by atoms with E-state index in [0.29, 0.717) is 19.1 Å². The molecule has 0 aromatic heterocycles. The van der Waals surface area contributed by atoms with Crippen molar-refractivity contribution >= 4 is 0 Å². The van der Waals surface area contributed by atoms with Crippen molar-refractivity contribution < 1.29 is 9.84 Å². The molecule has 0 saturated heterocycles. The Hall–Kier alpha value is -1.06.